The van der Waals surface area contributed by atoms with Gasteiger partial charge in [0.05, 0.1) is 10.0 Å². The third kappa shape index (κ3) is 4.65. The van der Waals surface area contributed by atoms with Crippen molar-refractivity contribution in [2.75, 3.05) is 19.6 Å². The second-order valence-electron chi connectivity index (χ2n) is 4.92. The van der Waals surface area contributed by atoms with E-state index in [2.05, 4.69) is 5.32 Å². The van der Waals surface area contributed by atoms with E-state index in [0.717, 1.165) is 13.1 Å². The zero-order chi connectivity index (χ0) is 14.7. The first-order valence-electron chi connectivity index (χ1n) is 6.62. The minimum absolute atomic E-state index is 0. The fourth-order valence-corrected chi connectivity index (χ4v) is 2.49. The number of rotatable bonds is 3. The fourth-order valence-electron chi connectivity index (χ4n) is 2.21. The Bertz CT molecular complexity index is 499. The number of piperazine rings is 1. The van der Waals surface area contributed by atoms with Gasteiger partial charge in [0.15, 0.2) is 6.10 Å². The molecule has 4 nitrogen and oxygen atoms in total. The van der Waals surface area contributed by atoms with Crippen molar-refractivity contribution in [1.29, 1.82) is 0 Å². The summed E-state index contributed by atoms with van der Waals surface area (Å²) in [6.07, 6.45) is -0.548. The molecule has 0 aromatic heterocycles. The highest BCUT2D eigenvalue weighted by atomic mass is 35.5. The summed E-state index contributed by atoms with van der Waals surface area (Å²) < 4.78 is 5.66. The van der Waals surface area contributed by atoms with Crippen LogP contribution >= 0.6 is 35.6 Å². The Hall–Kier alpha value is -0.680. The Balaban J connectivity index is 0.00000220. The molecule has 2 rings (SSSR count). The Morgan fingerprint density at radius 1 is 1.43 bits per heavy atom. The van der Waals surface area contributed by atoms with Crippen LogP contribution < -0.4 is 10.1 Å². The molecule has 1 aliphatic heterocycles. The van der Waals surface area contributed by atoms with Crippen LogP contribution in [0.2, 0.25) is 10.0 Å². The Kier molecular flexibility index (Phi) is 7.07. The number of benzene rings is 1. The van der Waals surface area contributed by atoms with E-state index < -0.39 is 6.10 Å². The minimum Gasteiger partial charge on any atom is -0.481 e. The van der Waals surface area contributed by atoms with E-state index in [4.69, 9.17) is 27.9 Å². The number of nitrogens with one attached hydrogen (secondary N) is 1. The molecule has 0 aliphatic carbocycles. The molecule has 1 aromatic rings. The van der Waals surface area contributed by atoms with Gasteiger partial charge in [-0.3, -0.25) is 4.79 Å². The van der Waals surface area contributed by atoms with Gasteiger partial charge in [-0.25, -0.2) is 0 Å². The monoisotopic (exact) mass is 352 g/mol. The van der Waals surface area contributed by atoms with Crippen LogP contribution in [0.25, 0.3) is 0 Å². The highest BCUT2D eigenvalue weighted by Gasteiger charge is 2.27. The van der Waals surface area contributed by atoms with Gasteiger partial charge in [-0.05, 0) is 26.0 Å². The largest absolute Gasteiger partial charge is 0.481 e. The van der Waals surface area contributed by atoms with Crippen LogP contribution in [0.5, 0.6) is 5.75 Å². The summed E-state index contributed by atoms with van der Waals surface area (Å²) in [5, 5.41) is 4.14. The van der Waals surface area contributed by atoms with Crippen LogP contribution in [0.4, 0.5) is 0 Å². The van der Waals surface area contributed by atoms with Crippen LogP contribution in [0.15, 0.2) is 18.2 Å². The first-order valence-corrected chi connectivity index (χ1v) is 7.37. The molecule has 7 heteroatoms. The van der Waals surface area contributed by atoms with Crippen molar-refractivity contribution in [1.82, 2.24) is 10.2 Å². The molecule has 0 radical (unpaired) electrons. The molecule has 1 aliphatic rings. The SMILES string of the molecule is CC(Oc1ccc(Cl)c(Cl)c1)C(=O)N1CCNCC1C.Cl. The molecule has 1 N–H and O–H groups in total. The summed E-state index contributed by atoms with van der Waals surface area (Å²) in [7, 11) is 0. The number of amides is 1. The maximum atomic E-state index is 12.4. The molecule has 21 heavy (non-hydrogen) atoms. The Morgan fingerprint density at radius 2 is 2.14 bits per heavy atom. The summed E-state index contributed by atoms with van der Waals surface area (Å²) in [5.41, 5.74) is 0. The van der Waals surface area contributed by atoms with Crippen LogP contribution in [0.1, 0.15) is 13.8 Å². The molecule has 0 spiro atoms. The van der Waals surface area contributed by atoms with Gasteiger partial charge in [-0.15, -0.1) is 12.4 Å². The topological polar surface area (TPSA) is 41.6 Å². The standard InChI is InChI=1S/C14H18Cl2N2O2.ClH/c1-9-8-17-5-6-18(9)14(19)10(2)20-11-3-4-12(15)13(16)7-11;/h3-4,7,9-10,17H,5-6,8H2,1-2H3;1H. The summed E-state index contributed by atoms with van der Waals surface area (Å²) in [6, 6.07) is 5.16. The van der Waals surface area contributed by atoms with Crippen molar-refractivity contribution in [2.24, 2.45) is 0 Å². The molecule has 0 bridgehead atoms. The first kappa shape index (κ1) is 18.4. The average Bonchev–Trinajstić information content (AvgIpc) is 2.42. The maximum Gasteiger partial charge on any atom is 0.263 e. The van der Waals surface area contributed by atoms with E-state index in [0.29, 0.717) is 22.3 Å². The van der Waals surface area contributed by atoms with Crippen molar-refractivity contribution in [3.63, 3.8) is 0 Å². The maximum absolute atomic E-state index is 12.4. The lowest BCUT2D eigenvalue weighted by atomic mass is 10.2. The lowest BCUT2D eigenvalue weighted by molar-refractivity contribution is -0.140. The highest BCUT2D eigenvalue weighted by Crippen LogP contribution is 2.27. The van der Waals surface area contributed by atoms with Crippen molar-refractivity contribution in [3.8, 4) is 5.75 Å². The lowest BCUT2D eigenvalue weighted by Gasteiger charge is -2.35. The first-order chi connectivity index (χ1) is 9.49. The van der Waals surface area contributed by atoms with Gasteiger partial charge in [-0.1, -0.05) is 23.2 Å². The number of ether oxygens (including phenoxy) is 1. The van der Waals surface area contributed by atoms with Crippen LogP contribution in [-0.4, -0.2) is 42.6 Å². The van der Waals surface area contributed by atoms with Crippen LogP contribution in [-0.2, 0) is 4.79 Å². The number of hydrogen-bond acceptors (Lipinski definition) is 3. The number of hydrogen-bond donors (Lipinski definition) is 1. The fraction of sp³-hybridized carbons (Fsp3) is 0.500. The van der Waals surface area contributed by atoms with Crippen molar-refractivity contribution in [3.05, 3.63) is 28.2 Å². The predicted molar refractivity (Wildman–Crippen MR) is 87.8 cm³/mol. The van der Waals surface area contributed by atoms with Gasteiger partial charge in [0, 0.05) is 31.7 Å². The van der Waals surface area contributed by atoms with E-state index in [1.54, 1.807) is 25.1 Å². The molecule has 2 atom stereocenters. The number of halogens is 3. The van der Waals surface area contributed by atoms with Gasteiger partial charge >= 0.3 is 0 Å². The number of carbonyl (C=O) groups is 1. The highest BCUT2D eigenvalue weighted by molar-refractivity contribution is 6.42. The molecule has 0 saturated carbocycles. The van der Waals surface area contributed by atoms with Crippen molar-refractivity contribution >= 4 is 41.5 Å². The van der Waals surface area contributed by atoms with E-state index in [9.17, 15) is 4.79 Å². The molecular weight excluding hydrogens is 335 g/mol. The van der Waals surface area contributed by atoms with E-state index in [1.807, 2.05) is 11.8 Å². The summed E-state index contributed by atoms with van der Waals surface area (Å²) in [6.45, 7) is 6.10. The predicted octanol–water partition coefficient (Wildman–Crippen LogP) is 3.00. The zero-order valence-corrected chi connectivity index (χ0v) is 14.3. The smallest absolute Gasteiger partial charge is 0.263 e. The lowest BCUT2D eigenvalue weighted by Crippen LogP contribution is -2.55. The minimum atomic E-state index is -0.548. The number of carbonyl (C=O) groups excluding carboxylic acids is 1. The zero-order valence-electron chi connectivity index (χ0n) is 11.9. The summed E-state index contributed by atoms with van der Waals surface area (Å²) >= 11 is 11.8. The molecule has 1 fully saturated rings. The van der Waals surface area contributed by atoms with Crippen molar-refractivity contribution in [2.45, 2.75) is 26.0 Å². The van der Waals surface area contributed by atoms with E-state index >= 15 is 0 Å². The molecule has 1 saturated heterocycles. The number of nitrogens with zero attached hydrogens (tertiary/aromatic N) is 1. The third-order valence-corrected chi connectivity index (χ3v) is 4.08. The van der Waals surface area contributed by atoms with Gasteiger partial charge in [0.2, 0.25) is 0 Å². The average molecular weight is 354 g/mol. The van der Waals surface area contributed by atoms with E-state index in [-0.39, 0.29) is 24.4 Å². The molecular formula is C14H19Cl3N2O2. The molecule has 1 amide bonds. The second-order valence-corrected chi connectivity index (χ2v) is 5.74. The molecule has 2 unspecified atom stereocenters. The third-order valence-electron chi connectivity index (χ3n) is 3.34. The Morgan fingerprint density at radius 3 is 2.76 bits per heavy atom. The van der Waals surface area contributed by atoms with Gasteiger partial charge < -0.3 is 15.0 Å². The van der Waals surface area contributed by atoms with E-state index in [1.165, 1.54) is 0 Å². The van der Waals surface area contributed by atoms with Gasteiger partial charge in [0.1, 0.15) is 5.75 Å². The van der Waals surface area contributed by atoms with Gasteiger partial charge in [0.25, 0.3) is 5.91 Å². The van der Waals surface area contributed by atoms with Crippen molar-refractivity contribution < 1.29 is 9.53 Å². The molecule has 118 valence electrons. The Labute approximate surface area is 141 Å². The van der Waals surface area contributed by atoms with Crippen LogP contribution in [0.3, 0.4) is 0 Å². The summed E-state index contributed by atoms with van der Waals surface area (Å²) in [5.74, 6) is 0.535. The summed E-state index contributed by atoms with van der Waals surface area (Å²) in [4.78, 5) is 14.2. The van der Waals surface area contributed by atoms with Gasteiger partial charge in [-0.2, -0.15) is 0 Å². The van der Waals surface area contributed by atoms with Crippen LogP contribution in [0, 0.1) is 0 Å². The molecule has 1 heterocycles. The molecule has 1 aromatic carbocycles. The second kappa shape index (κ2) is 8.08. The normalized spacial score (nSPS) is 19.6. The quantitative estimate of drug-likeness (QED) is 0.908.